The van der Waals surface area contributed by atoms with Gasteiger partial charge in [-0.15, -0.1) is 0 Å². The number of benzene rings is 1. The second-order valence-electron chi connectivity index (χ2n) is 4.59. The van der Waals surface area contributed by atoms with Crippen LogP contribution in [0, 0.1) is 0 Å². The van der Waals surface area contributed by atoms with Crippen molar-refractivity contribution in [3.8, 4) is 5.75 Å². The molecular formula is C13H16O6S. The first-order valence-corrected chi connectivity index (χ1v) is 7.85. The van der Waals surface area contributed by atoms with Crippen molar-refractivity contribution in [2.45, 2.75) is 23.8 Å². The first-order valence-electron chi connectivity index (χ1n) is 6.20. The van der Waals surface area contributed by atoms with Gasteiger partial charge in [0.2, 0.25) is 0 Å². The van der Waals surface area contributed by atoms with Crippen LogP contribution in [-0.4, -0.2) is 45.1 Å². The summed E-state index contributed by atoms with van der Waals surface area (Å²) in [4.78, 5) is 10.9. The maximum Gasteiger partial charge on any atom is 0.335 e. The molecule has 0 bridgehead atoms. The highest BCUT2D eigenvalue weighted by Crippen LogP contribution is 2.28. The van der Waals surface area contributed by atoms with Gasteiger partial charge in [-0.1, -0.05) is 0 Å². The number of rotatable bonds is 5. The first kappa shape index (κ1) is 14.8. The average Bonchev–Trinajstić information content (AvgIpc) is 2.90. The number of carbonyl (C=O) groups is 1. The minimum atomic E-state index is -3.66. The predicted molar refractivity (Wildman–Crippen MR) is 71.0 cm³/mol. The summed E-state index contributed by atoms with van der Waals surface area (Å²) in [5, 5.41) is 8.96. The maximum absolute atomic E-state index is 12.4. The molecule has 20 heavy (non-hydrogen) atoms. The Kier molecular flexibility index (Phi) is 4.29. The zero-order valence-corrected chi connectivity index (χ0v) is 11.9. The lowest BCUT2D eigenvalue weighted by Gasteiger charge is -2.13. The van der Waals surface area contributed by atoms with Gasteiger partial charge in [-0.2, -0.15) is 0 Å². The van der Waals surface area contributed by atoms with E-state index >= 15 is 0 Å². The summed E-state index contributed by atoms with van der Waals surface area (Å²) in [5.41, 5.74) is -0.0864. The fourth-order valence-corrected chi connectivity index (χ4v) is 3.86. The molecule has 1 atom stereocenters. The Bertz CT molecular complexity index is 601. The van der Waals surface area contributed by atoms with Crippen LogP contribution >= 0.6 is 0 Å². The number of aromatic carboxylic acids is 1. The zero-order chi connectivity index (χ0) is 14.8. The topological polar surface area (TPSA) is 89.9 Å². The standard InChI is InChI=1S/C13H16O6S/c1-18-11-5-4-9(13(14)15)7-12(11)20(16,17)8-10-3-2-6-19-10/h4-5,7,10H,2-3,6,8H2,1H3,(H,14,15). The van der Waals surface area contributed by atoms with Crippen LogP contribution in [-0.2, 0) is 14.6 Å². The predicted octanol–water partition coefficient (Wildman–Crippen LogP) is 1.35. The van der Waals surface area contributed by atoms with Crippen molar-refractivity contribution in [2.75, 3.05) is 19.5 Å². The SMILES string of the molecule is COc1ccc(C(=O)O)cc1S(=O)(=O)CC1CCCO1. The van der Waals surface area contributed by atoms with E-state index in [0.717, 1.165) is 12.5 Å². The number of ether oxygens (including phenoxy) is 2. The van der Waals surface area contributed by atoms with Crippen molar-refractivity contribution in [2.24, 2.45) is 0 Å². The van der Waals surface area contributed by atoms with Gasteiger partial charge in [-0.05, 0) is 31.0 Å². The smallest absolute Gasteiger partial charge is 0.335 e. The van der Waals surface area contributed by atoms with Gasteiger partial charge >= 0.3 is 5.97 Å². The molecule has 1 aromatic rings. The van der Waals surface area contributed by atoms with Crippen molar-refractivity contribution in [3.63, 3.8) is 0 Å². The summed E-state index contributed by atoms with van der Waals surface area (Å²) in [5.74, 6) is -1.19. The molecule has 0 radical (unpaired) electrons. The summed E-state index contributed by atoms with van der Waals surface area (Å²) in [7, 11) is -2.31. The molecule has 1 aromatic carbocycles. The molecule has 1 N–H and O–H groups in total. The van der Waals surface area contributed by atoms with Crippen LogP contribution in [0.1, 0.15) is 23.2 Å². The first-order chi connectivity index (χ1) is 9.44. The fraction of sp³-hybridized carbons (Fsp3) is 0.462. The molecule has 0 spiro atoms. The lowest BCUT2D eigenvalue weighted by Crippen LogP contribution is -2.21. The lowest BCUT2D eigenvalue weighted by molar-refractivity contribution is 0.0696. The van der Waals surface area contributed by atoms with Crippen LogP contribution < -0.4 is 4.74 Å². The number of carboxylic acids is 1. The Morgan fingerprint density at radius 2 is 2.25 bits per heavy atom. The molecule has 0 aromatic heterocycles. The second kappa shape index (κ2) is 5.80. The molecule has 6 nitrogen and oxygen atoms in total. The average molecular weight is 300 g/mol. The minimum Gasteiger partial charge on any atom is -0.495 e. The number of hydrogen-bond acceptors (Lipinski definition) is 5. The van der Waals surface area contributed by atoms with E-state index in [9.17, 15) is 13.2 Å². The minimum absolute atomic E-state index is 0.0864. The Hall–Kier alpha value is -1.60. The second-order valence-corrected chi connectivity index (χ2v) is 6.59. The maximum atomic E-state index is 12.4. The third-order valence-corrected chi connectivity index (χ3v) is 4.97. The van der Waals surface area contributed by atoms with E-state index in [2.05, 4.69) is 0 Å². The van der Waals surface area contributed by atoms with Crippen molar-refractivity contribution < 1.29 is 27.8 Å². The van der Waals surface area contributed by atoms with Crippen molar-refractivity contribution in [1.82, 2.24) is 0 Å². The van der Waals surface area contributed by atoms with E-state index in [-0.39, 0.29) is 28.1 Å². The third-order valence-electron chi connectivity index (χ3n) is 3.17. The molecule has 2 rings (SSSR count). The molecule has 1 saturated heterocycles. The van der Waals surface area contributed by atoms with E-state index in [0.29, 0.717) is 13.0 Å². The lowest BCUT2D eigenvalue weighted by atomic mass is 10.2. The molecule has 1 heterocycles. The van der Waals surface area contributed by atoms with Crippen LogP contribution in [0.2, 0.25) is 0 Å². The van der Waals surface area contributed by atoms with E-state index in [1.165, 1.54) is 19.2 Å². The Morgan fingerprint density at radius 1 is 1.50 bits per heavy atom. The van der Waals surface area contributed by atoms with Gasteiger partial charge in [-0.25, -0.2) is 13.2 Å². The quantitative estimate of drug-likeness (QED) is 0.882. The zero-order valence-electron chi connectivity index (χ0n) is 11.0. The van der Waals surface area contributed by atoms with Crippen LogP contribution in [0.25, 0.3) is 0 Å². The summed E-state index contributed by atoms with van der Waals surface area (Å²) in [6, 6.07) is 3.80. The highest BCUT2D eigenvalue weighted by Gasteiger charge is 2.28. The van der Waals surface area contributed by atoms with E-state index < -0.39 is 15.8 Å². The summed E-state index contributed by atoms with van der Waals surface area (Å²) < 4.78 is 35.1. The molecule has 1 aliphatic rings. The molecule has 7 heteroatoms. The molecular weight excluding hydrogens is 284 g/mol. The van der Waals surface area contributed by atoms with Gasteiger partial charge in [0, 0.05) is 6.61 Å². The number of carboxylic acid groups (broad SMARTS) is 1. The Balaban J connectivity index is 2.37. The normalized spacial score (nSPS) is 18.9. The van der Waals surface area contributed by atoms with E-state index in [1.54, 1.807) is 0 Å². The van der Waals surface area contributed by atoms with Crippen LogP contribution in [0.15, 0.2) is 23.1 Å². The monoisotopic (exact) mass is 300 g/mol. The Morgan fingerprint density at radius 3 is 2.80 bits per heavy atom. The summed E-state index contributed by atoms with van der Waals surface area (Å²) >= 11 is 0. The van der Waals surface area contributed by atoms with Gasteiger partial charge in [0.1, 0.15) is 10.6 Å². The van der Waals surface area contributed by atoms with Crippen molar-refractivity contribution in [1.29, 1.82) is 0 Å². The van der Waals surface area contributed by atoms with Gasteiger partial charge in [-0.3, -0.25) is 0 Å². The van der Waals surface area contributed by atoms with E-state index in [1.807, 2.05) is 0 Å². The number of hydrogen-bond donors (Lipinski definition) is 1. The number of sulfone groups is 1. The van der Waals surface area contributed by atoms with E-state index in [4.69, 9.17) is 14.6 Å². The third kappa shape index (κ3) is 3.10. The van der Waals surface area contributed by atoms with Gasteiger partial charge < -0.3 is 14.6 Å². The van der Waals surface area contributed by atoms with Crippen LogP contribution in [0.4, 0.5) is 0 Å². The van der Waals surface area contributed by atoms with Crippen molar-refractivity contribution >= 4 is 15.8 Å². The van der Waals surface area contributed by atoms with Crippen molar-refractivity contribution in [3.05, 3.63) is 23.8 Å². The van der Waals surface area contributed by atoms with Crippen LogP contribution in [0.5, 0.6) is 5.75 Å². The summed E-state index contributed by atoms with van der Waals surface area (Å²) in [6.45, 7) is 0.562. The molecule has 110 valence electrons. The summed E-state index contributed by atoms with van der Waals surface area (Å²) in [6.07, 6.45) is 1.20. The largest absolute Gasteiger partial charge is 0.495 e. The molecule has 1 unspecified atom stereocenters. The highest BCUT2D eigenvalue weighted by atomic mass is 32.2. The molecule has 0 amide bonds. The molecule has 0 aliphatic carbocycles. The highest BCUT2D eigenvalue weighted by molar-refractivity contribution is 7.91. The van der Waals surface area contributed by atoms with Gasteiger partial charge in [0.05, 0.1) is 24.5 Å². The Labute approximate surface area is 117 Å². The molecule has 1 aliphatic heterocycles. The molecule has 0 saturated carbocycles. The number of methoxy groups -OCH3 is 1. The fourth-order valence-electron chi connectivity index (χ4n) is 2.16. The van der Waals surface area contributed by atoms with Crippen LogP contribution in [0.3, 0.4) is 0 Å². The van der Waals surface area contributed by atoms with Gasteiger partial charge in [0.25, 0.3) is 0 Å². The molecule has 1 fully saturated rings. The van der Waals surface area contributed by atoms with Gasteiger partial charge in [0.15, 0.2) is 9.84 Å².